The molecule has 0 bridgehead atoms. The summed E-state index contributed by atoms with van der Waals surface area (Å²) < 4.78 is 42.2. The molecular weight excluding hydrogens is 615 g/mol. The third kappa shape index (κ3) is 8.55. The Hall–Kier alpha value is -5.02. The van der Waals surface area contributed by atoms with Crippen LogP contribution in [-0.4, -0.2) is 48.3 Å². The van der Waals surface area contributed by atoms with Gasteiger partial charge in [0.2, 0.25) is 0 Å². The summed E-state index contributed by atoms with van der Waals surface area (Å²) in [4.78, 5) is 20.0. The number of aliphatic carboxylic acids is 2. The van der Waals surface area contributed by atoms with Crippen molar-refractivity contribution >= 4 is 50.5 Å². The van der Waals surface area contributed by atoms with E-state index in [4.69, 9.17) is 19.7 Å². The van der Waals surface area contributed by atoms with Crippen molar-refractivity contribution in [3.63, 3.8) is 0 Å². The Morgan fingerprint density at radius 3 is 1.09 bits per heavy atom. The van der Waals surface area contributed by atoms with E-state index in [1.807, 2.05) is 0 Å². The standard InChI is InChI=1S/C24H20P.C10H10O9S/c1-5-13-21(14-6-1)25(22-15-7-2-8-16-22,23-17-9-3-10-18-23)24-19-11-4-12-20-24;11-9(12)4-18-6-1-7(19-5-10(13)14)3-8(2-6)20(15,16)17/h1-20H;1-3H,4-5H2,(H,11,12)(H,13,14)(H,15,16,17)/q+1;/p-1. The zero-order chi connectivity index (χ0) is 32.3. The molecule has 9 nitrogen and oxygen atoms in total. The highest BCUT2D eigenvalue weighted by Gasteiger charge is 2.47. The number of benzene rings is 5. The van der Waals surface area contributed by atoms with E-state index in [0.29, 0.717) is 0 Å². The molecule has 0 saturated carbocycles. The van der Waals surface area contributed by atoms with Gasteiger partial charge in [-0.1, -0.05) is 72.8 Å². The van der Waals surface area contributed by atoms with Crippen molar-refractivity contribution in [3.8, 4) is 11.5 Å². The Bertz CT molecular complexity index is 1620. The second-order valence-electron chi connectivity index (χ2n) is 9.47. The summed E-state index contributed by atoms with van der Waals surface area (Å²) in [6, 6.07) is 46.5. The van der Waals surface area contributed by atoms with Gasteiger partial charge in [0.15, 0.2) is 13.2 Å². The number of rotatable bonds is 11. The zero-order valence-corrected chi connectivity index (χ0v) is 25.5. The number of hydrogen-bond donors (Lipinski definition) is 2. The number of ether oxygens (including phenoxy) is 2. The molecule has 230 valence electrons. The molecule has 5 aromatic carbocycles. The van der Waals surface area contributed by atoms with Gasteiger partial charge in [-0.15, -0.1) is 0 Å². The molecule has 0 spiro atoms. The second kappa shape index (κ2) is 15.1. The first-order valence-corrected chi connectivity index (χ1v) is 16.7. The van der Waals surface area contributed by atoms with E-state index >= 15 is 0 Å². The monoisotopic (exact) mass is 644 g/mol. The highest BCUT2D eigenvalue weighted by molar-refractivity contribution is 8.01. The molecule has 0 aromatic heterocycles. The van der Waals surface area contributed by atoms with Gasteiger partial charge in [-0.2, -0.15) is 0 Å². The second-order valence-corrected chi connectivity index (χ2v) is 14.3. The summed E-state index contributed by atoms with van der Waals surface area (Å²) in [6.45, 7) is -1.53. The van der Waals surface area contributed by atoms with Crippen LogP contribution in [0.2, 0.25) is 0 Å². The summed E-state index contributed by atoms with van der Waals surface area (Å²) in [7, 11) is -6.74. The van der Waals surface area contributed by atoms with E-state index in [2.05, 4.69) is 121 Å². The molecule has 0 unspecified atom stereocenters. The van der Waals surface area contributed by atoms with Crippen LogP contribution in [0.25, 0.3) is 0 Å². The molecule has 0 amide bonds. The third-order valence-corrected chi connectivity index (χ3v) is 11.5. The van der Waals surface area contributed by atoms with Gasteiger partial charge in [0, 0.05) is 6.07 Å². The molecule has 0 atom stereocenters. The van der Waals surface area contributed by atoms with Crippen molar-refractivity contribution in [2.24, 2.45) is 0 Å². The predicted molar refractivity (Wildman–Crippen MR) is 172 cm³/mol. The van der Waals surface area contributed by atoms with Gasteiger partial charge in [-0.3, -0.25) is 0 Å². The molecule has 5 aromatic rings. The van der Waals surface area contributed by atoms with Crippen LogP contribution in [0.5, 0.6) is 11.5 Å². The van der Waals surface area contributed by atoms with Crippen molar-refractivity contribution in [2.45, 2.75) is 4.90 Å². The Balaban J connectivity index is 0.000000211. The predicted octanol–water partition coefficient (Wildman–Crippen LogP) is 3.82. The lowest BCUT2D eigenvalue weighted by Gasteiger charge is -2.27. The zero-order valence-electron chi connectivity index (χ0n) is 23.8. The first-order valence-electron chi connectivity index (χ1n) is 13.5. The van der Waals surface area contributed by atoms with Gasteiger partial charge in [0.25, 0.3) is 0 Å². The summed E-state index contributed by atoms with van der Waals surface area (Å²) in [5.41, 5.74) is 0. The molecule has 0 aliphatic carbocycles. The molecule has 5 rings (SSSR count). The Kier molecular flexibility index (Phi) is 11.0. The van der Waals surface area contributed by atoms with Gasteiger partial charge in [0.1, 0.15) is 50.1 Å². The minimum atomic E-state index is -4.83. The largest absolute Gasteiger partial charge is 0.744 e. The van der Waals surface area contributed by atoms with E-state index in [9.17, 15) is 22.6 Å². The summed E-state index contributed by atoms with van der Waals surface area (Å²) in [6.07, 6.45) is 0. The number of carboxylic acids is 2. The lowest BCUT2D eigenvalue weighted by atomic mass is 10.3. The van der Waals surface area contributed by atoms with E-state index in [1.54, 1.807) is 0 Å². The van der Waals surface area contributed by atoms with Gasteiger partial charge < -0.3 is 24.2 Å². The van der Waals surface area contributed by atoms with Crippen LogP contribution in [0.4, 0.5) is 0 Å². The quantitative estimate of drug-likeness (QED) is 0.162. The van der Waals surface area contributed by atoms with Crippen LogP contribution in [0, 0.1) is 0 Å². The SMILES string of the molecule is O=C(O)COc1cc(OCC(=O)O)cc(S(=O)(=O)[O-])c1.c1ccc([P+](c2ccccc2)(c2ccccc2)c2ccccc2)cc1. The van der Waals surface area contributed by atoms with E-state index in [1.165, 1.54) is 21.2 Å². The lowest BCUT2D eigenvalue weighted by Crippen LogP contribution is -2.38. The topological polar surface area (TPSA) is 150 Å². The molecule has 0 aliphatic rings. The Morgan fingerprint density at radius 1 is 0.556 bits per heavy atom. The van der Waals surface area contributed by atoms with Crippen LogP contribution in [0.15, 0.2) is 144 Å². The third-order valence-electron chi connectivity index (χ3n) is 6.44. The highest BCUT2D eigenvalue weighted by atomic mass is 32.2. The molecule has 45 heavy (non-hydrogen) atoms. The molecule has 11 heteroatoms. The van der Waals surface area contributed by atoms with Crippen LogP contribution >= 0.6 is 7.26 Å². The fraction of sp³-hybridized carbons (Fsp3) is 0.0588. The van der Waals surface area contributed by atoms with Gasteiger partial charge in [-0.25, -0.2) is 18.0 Å². The van der Waals surface area contributed by atoms with Crippen molar-refractivity contribution in [1.29, 1.82) is 0 Å². The average molecular weight is 645 g/mol. The fourth-order valence-corrected chi connectivity index (χ4v) is 9.43. The summed E-state index contributed by atoms with van der Waals surface area (Å²) in [5.74, 6) is -3.11. The number of carboxylic acid groups (broad SMARTS) is 2. The number of hydrogen-bond acceptors (Lipinski definition) is 7. The van der Waals surface area contributed by atoms with E-state index < -0.39 is 47.4 Å². The molecule has 0 aliphatic heterocycles. The van der Waals surface area contributed by atoms with Crippen molar-refractivity contribution in [2.75, 3.05) is 13.2 Å². The fourth-order valence-electron chi connectivity index (χ4n) is 4.65. The molecule has 2 N–H and O–H groups in total. The Labute approximate surface area is 261 Å². The van der Waals surface area contributed by atoms with Crippen LogP contribution in [-0.2, 0) is 19.7 Å². The van der Waals surface area contributed by atoms with E-state index in [-0.39, 0.29) is 11.5 Å². The van der Waals surface area contributed by atoms with E-state index in [0.717, 1.165) is 18.2 Å². The maximum Gasteiger partial charge on any atom is 0.341 e. The molecule has 0 heterocycles. The van der Waals surface area contributed by atoms with Crippen molar-refractivity contribution < 1.29 is 42.2 Å². The van der Waals surface area contributed by atoms with Gasteiger partial charge >= 0.3 is 11.9 Å². The van der Waals surface area contributed by atoms with Crippen LogP contribution in [0.3, 0.4) is 0 Å². The van der Waals surface area contributed by atoms with Crippen molar-refractivity contribution in [3.05, 3.63) is 140 Å². The minimum Gasteiger partial charge on any atom is -0.744 e. The Morgan fingerprint density at radius 2 is 0.844 bits per heavy atom. The average Bonchev–Trinajstić information content (AvgIpc) is 3.05. The molecular formula is C34H29O9PS. The summed E-state index contributed by atoms with van der Waals surface area (Å²) in [5, 5.41) is 22.4. The van der Waals surface area contributed by atoms with Gasteiger partial charge in [-0.05, 0) is 60.7 Å². The van der Waals surface area contributed by atoms with Crippen LogP contribution in [0.1, 0.15) is 0 Å². The normalized spacial score (nSPS) is 11.0. The highest BCUT2D eigenvalue weighted by Crippen LogP contribution is 2.54. The lowest BCUT2D eigenvalue weighted by molar-refractivity contribution is -0.140. The maximum atomic E-state index is 10.9. The summed E-state index contributed by atoms with van der Waals surface area (Å²) >= 11 is 0. The maximum absolute atomic E-state index is 10.9. The molecule has 0 radical (unpaired) electrons. The number of carbonyl (C=O) groups is 2. The van der Waals surface area contributed by atoms with Crippen molar-refractivity contribution in [1.82, 2.24) is 0 Å². The first-order chi connectivity index (χ1) is 21.6. The smallest absolute Gasteiger partial charge is 0.341 e. The molecule has 0 fully saturated rings. The van der Waals surface area contributed by atoms with Crippen LogP contribution < -0.4 is 30.7 Å². The first kappa shape index (κ1) is 32.9. The molecule has 0 saturated heterocycles. The minimum absolute atomic E-state index is 0.246. The van der Waals surface area contributed by atoms with Gasteiger partial charge in [0.05, 0.1) is 4.90 Å².